The fourth-order valence-electron chi connectivity index (χ4n) is 5.41. The molecule has 3 aromatic rings. The summed E-state index contributed by atoms with van der Waals surface area (Å²) in [6.07, 6.45) is -6.10. The summed E-state index contributed by atoms with van der Waals surface area (Å²) in [5.41, 5.74) is -0.502. The van der Waals surface area contributed by atoms with E-state index in [1.807, 2.05) is 0 Å². The molecule has 2 N–H and O–H groups in total. The first-order chi connectivity index (χ1) is 20.6. The van der Waals surface area contributed by atoms with Gasteiger partial charge in [-0.3, -0.25) is 14.6 Å². The molecule has 8 nitrogen and oxygen atoms in total. The van der Waals surface area contributed by atoms with Gasteiger partial charge in [-0.1, -0.05) is 0 Å². The van der Waals surface area contributed by atoms with Crippen molar-refractivity contribution < 1.29 is 44.7 Å². The van der Waals surface area contributed by atoms with Crippen molar-refractivity contribution in [3.05, 3.63) is 59.3 Å². The zero-order valence-corrected chi connectivity index (χ0v) is 23.1. The maximum Gasteiger partial charge on any atom is 0.417 e. The van der Waals surface area contributed by atoms with Gasteiger partial charge in [-0.05, 0) is 55.2 Å². The summed E-state index contributed by atoms with van der Waals surface area (Å²) < 4.78 is 107. The quantitative estimate of drug-likeness (QED) is 0.268. The summed E-state index contributed by atoms with van der Waals surface area (Å²) in [6, 6.07) is 0.679. The predicted octanol–water partition coefficient (Wildman–Crippen LogP) is 6.35. The molecule has 2 atom stereocenters. The number of hydrogen-bond acceptors (Lipinski definition) is 5. The monoisotopic (exact) mass is 632 g/mol. The minimum absolute atomic E-state index is 0.000494. The number of imidazole rings is 1. The molecule has 0 aliphatic heterocycles. The number of aromatic nitrogens is 4. The molecule has 2 amide bonds. The van der Waals surface area contributed by atoms with Crippen LogP contribution in [0.15, 0.2) is 36.9 Å². The summed E-state index contributed by atoms with van der Waals surface area (Å²) in [5, 5.41) is 9.62. The molecule has 2 saturated carbocycles. The summed E-state index contributed by atoms with van der Waals surface area (Å²) >= 11 is 0. The van der Waals surface area contributed by atoms with E-state index in [9.17, 15) is 44.7 Å². The number of carbonyl (C=O) groups excluding carboxylic acids is 2. The Labute approximate surface area is 245 Å². The number of carbonyl (C=O) groups is 2. The van der Waals surface area contributed by atoms with Gasteiger partial charge in [0.1, 0.15) is 0 Å². The highest BCUT2D eigenvalue weighted by Gasteiger charge is 2.40. The van der Waals surface area contributed by atoms with Gasteiger partial charge in [-0.2, -0.15) is 31.4 Å². The second kappa shape index (κ2) is 11.9. The number of nitrogens with zero attached hydrogens (tertiary/aromatic N) is 4. The Morgan fingerprint density at radius 1 is 0.932 bits per heavy atom. The van der Waals surface area contributed by atoms with Crippen LogP contribution in [0.25, 0.3) is 5.65 Å². The van der Waals surface area contributed by atoms with Crippen LogP contribution in [0, 0.1) is 11.8 Å². The highest BCUT2D eigenvalue weighted by atomic mass is 19.4. The topological polar surface area (TPSA) is 101 Å². The Kier molecular flexibility index (Phi) is 8.55. The van der Waals surface area contributed by atoms with Crippen LogP contribution < -0.4 is 10.6 Å². The molecule has 0 saturated heterocycles. The Hall–Kier alpha value is -3.85. The van der Waals surface area contributed by atoms with Crippen LogP contribution in [-0.2, 0) is 11.0 Å². The number of amides is 2. The van der Waals surface area contributed by atoms with Crippen molar-refractivity contribution in [2.24, 2.45) is 11.8 Å². The van der Waals surface area contributed by atoms with Crippen molar-refractivity contribution in [2.75, 3.05) is 0 Å². The van der Waals surface area contributed by atoms with Gasteiger partial charge in [-0.15, -0.1) is 0 Å². The van der Waals surface area contributed by atoms with Crippen LogP contribution in [-0.4, -0.2) is 43.5 Å². The fraction of sp³-hybridized carbons (Fsp3) is 0.536. The van der Waals surface area contributed by atoms with Gasteiger partial charge in [0, 0.05) is 31.7 Å². The molecule has 3 heterocycles. The number of halogens is 8. The van der Waals surface area contributed by atoms with Crippen LogP contribution in [0.2, 0.25) is 0 Å². The van der Waals surface area contributed by atoms with Crippen LogP contribution in [0.3, 0.4) is 0 Å². The third kappa shape index (κ3) is 7.80. The van der Waals surface area contributed by atoms with E-state index in [0.29, 0.717) is 17.8 Å². The molecule has 0 unspecified atom stereocenters. The van der Waals surface area contributed by atoms with Gasteiger partial charge in [0.15, 0.2) is 5.65 Å². The van der Waals surface area contributed by atoms with Gasteiger partial charge in [0.25, 0.3) is 5.91 Å². The first-order valence-electron chi connectivity index (χ1n) is 14.0. The molecule has 44 heavy (non-hydrogen) atoms. The SMILES string of the molecule is O=C(CCC(F)(F)F)N[C@@H](c1cnn2cc([C@@H](NC(=O)c3cncc(C(F)(F)F)c3)C3CCC(F)(F)CC3)nc2c1)C1CC1. The van der Waals surface area contributed by atoms with Gasteiger partial charge >= 0.3 is 12.4 Å². The lowest BCUT2D eigenvalue weighted by Crippen LogP contribution is -2.37. The van der Waals surface area contributed by atoms with E-state index < -0.39 is 79.3 Å². The lowest BCUT2D eigenvalue weighted by atomic mass is 9.81. The minimum Gasteiger partial charge on any atom is -0.349 e. The Morgan fingerprint density at radius 2 is 1.61 bits per heavy atom. The van der Waals surface area contributed by atoms with Crippen molar-refractivity contribution >= 4 is 17.5 Å². The molecule has 2 fully saturated rings. The largest absolute Gasteiger partial charge is 0.417 e. The zero-order chi connectivity index (χ0) is 31.9. The van der Waals surface area contributed by atoms with Crippen LogP contribution in [0.5, 0.6) is 0 Å². The van der Waals surface area contributed by atoms with Gasteiger partial charge < -0.3 is 10.6 Å². The summed E-state index contributed by atoms with van der Waals surface area (Å²) in [7, 11) is 0. The molecule has 3 aromatic heterocycles. The van der Waals surface area contributed by atoms with E-state index >= 15 is 0 Å². The number of hydrogen-bond donors (Lipinski definition) is 2. The summed E-state index contributed by atoms with van der Waals surface area (Å²) in [5.74, 6) is -5.06. The molecule has 0 bridgehead atoms. The predicted molar refractivity (Wildman–Crippen MR) is 138 cm³/mol. The second-order valence-electron chi connectivity index (χ2n) is 11.4. The summed E-state index contributed by atoms with van der Waals surface area (Å²) in [6.45, 7) is 0. The average Bonchev–Trinajstić information content (AvgIpc) is 3.70. The minimum atomic E-state index is -4.74. The molecule has 0 radical (unpaired) electrons. The molecule has 2 aliphatic rings. The third-order valence-electron chi connectivity index (χ3n) is 7.93. The van der Waals surface area contributed by atoms with Crippen molar-refractivity contribution in [1.29, 1.82) is 0 Å². The van der Waals surface area contributed by atoms with E-state index in [2.05, 4.69) is 25.7 Å². The Balaban J connectivity index is 1.41. The zero-order valence-electron chi connectivity index (χ0n) is 23.1. The lowest BCUT2D eigenvalue weighted by Gasteiger charge is -2.33. The van der Waals surface area contributed by atoms with Gasteiger partial charge in [0.2, 0.25) is 11.8 Å². The first kappa shape index (κ1) is 31.6. The maximum absolute atomic E-state index is 14.0. The molecule has 0 aromatic carbocycles. The van der Waals surface area contributed by atoms with E-state index in [-0.39, 0.29) is 35.7 Å². The van der Waals surface area contributed by atoms with E-state index in [1.54, 1.807) is 6.07 Å². The van der Waals surface area contributed by atoms with E-state index in [1.165, 1.54) is 16.9 Å². The molecule has 238 valence electrons. The summed E-state index contributed by atoms with van der Waals surface area (Å²) in [4.78, 5) is 33.4. The molecule has 16 heteroatoms. The molecule has 5 rings (SSSR count). The van der Waals surface area contributed by atoms with E-state index in [4.69, 9.17) is 0 Å². The Morgan fingerprint density at radius 3 is 2.25 bits per heavy atom. The Bertz CT molecular complexity index is 1510. The number of rotatable bonds is 9. The normalized spacial score (nSPS) is 19.0. The van der Waals surface area contributed by atoms with Crippen molar-refractivity contribution in [1.82, 2.24) is 30.2 Å². The molecular weight excluding hydrogens is 604 g/mol. The van der Waals surface area contributed by atoms with Crippen LogP contribution in [0.4, 0.5) is 35.1 Å². The maximum atomic E-state index is 14.0. The van der Waals surface area contributed by atoms with Crippen molar-refractivity contribution in [3.8, 4) is 0 Å². The molecule has 0 spiro atoms. The number of fused-ring (bicyclic) bond motifs is 1. The van der Waals surface area contributed by atoms with Crippen molar-refractivity contribution in [3.63, 3.8) is 0 Å². The molecular formula is C28H28F8N6O2. The smallest absolute Gasteiger partial charge is 0.349 e. The average molecular weight is 633 g/mol. The fourth-order valence-corrected chi connectivity index (χ4v) is 5.41. The van der Waals surface area contributed by atoms with Gasteiger partial charge in [-0.25, -0.2) is 18.3 Å². The second-order valence-corrected chi connectivity index (χ2v) is 11.4. The highest BCUT2D eigenvalue weighted by molar-refractivity contribution is 5.94. The standard InChI is InChI=1S/C28H28F8N6O2/c29-26(30)6-3-16(4-7-26)24(41-25(44)18-9-19(13-37-11-18)28(34,35)36)20-14-42-21(39-20)10-17(12-38-42)23(15-1-2-15)40-22(43)5-8-27(31,32)33/h9-16,23-24H,1-8H2,(H,40,43)(H,41,44)/t23-,24+/m1/s1. The van der Waals surface area contributed by atoms with E-state index in [0.717, 1.165) is 19.0 Å². The number of nitrogens with one attached hydrogen (secondary N) is 2. The van der Waals surface area contributed by atoms with Crippen molar-refractivity contribution in [2.45, 2.75) is 81.7 Å². The van der Waals surface area contributed by atoms with Crippen LogP contribution >= 0.6 is 0 Å². The van der Waals surface area contributed by atoms with Gasteiger partial charge in [0.05, 0.1) is 47.7 Å². The highest BCUT2D eigenvalue weighted by Crippen LogP contribution is 2.43. The van der Waals surface area contributed by atoms with Crippen LogP contribution in [0.1, 0.15) is 90.6 Å². The first-order valence-corrected chi connectivity index (χ1v) is 14.0. The third-order valence-corrected chi connectivity index (χ3v) is 7.93. The lowest BCUT2D eigenvalue weighted by molar-refractivity contribution is -0.144. The number of alkyl halides is 8. The number of pyridine rings is 1. The molecule has 2 aliphatic carbocycles.